The first-order valence-electron chi connectivity index (χ1n) is 8.61. The van der Waals surface area contributed by atoms with Gasteiger partial charge in [0.25, 0.3) is 0 Å². The van der Waals surface area contributed by atoms with E-state index in [1.807, 2.05) is 26.1 Å². The van der Waals surface area contributed by atoms with E-state index in [9.17, 15) is 5.11 Å². The topological polar surface area (TPSA) is 80.0 Å². The van der Waals surface area contributed by atoms with Crippen LogP contribution < -0.4 is 4.90 Å². The minimum Gasteiger partial charge on any atom is -0.382 e. The van der Waals surface area contributed by atoms with Gasteiger partial charge >= 0.3 is 0 Å². The summed E-state index contributed by atoms with van der Waals surface area (Å²) >= 11 is 0. The molecule has 2 aromatic rings. The largest absolute Gasteiger partial charge is 0.382 e. The summed E-state index contributed by atoms with van der Waals surface area (Å²) in [6.45, 7) is 9.59. The Bertz CT molecular complexity index is 698. The second-order valence-corrected chi connectivity index (χ2v) is 7.16. The predicted octanol–water partition coefficient (Wildman–Crippen LogP) is 2.26. The van der Waals surface area contributed by atoms with Crippen LogP contribution in [0, 0.1) is 0 Å². The lowest BCUT2D eigenvalue weighted by atomic mass is 9.90. The normalized spacial score (nSPS) is 21.7. The van der Waals surface area contributed by atoms with Crippen LogP contribution in [0.2, 0.25) is 0 Å². The maximum Gasteiger partial charge on any atom is 0.133 e. The van der Waals surface area contributed by atoms with Crippen molar-refractivity contribution in [1.29, 1.82) is 0 Å². The molecule has 1 saturated heterocycles. The summed E-state index contributed by atoms with van der Waals surface area (Å²) in [6.07, 6.45) is 5.21. The van der Waals surface area contributed by atoms with E-state index >= 15 is 0 Å². The van der Waals surface area contributed by atoms with Gasteiger partial charge in [-0.3, -0.25) is 0 Å². The minimum absolute atomic E-state index is 0.227. The van der Waals surface area contributed by atoms with Gasteiger partial charge < -0.3 is 10.0 Å². The van der Waals surface area contributed by atoms with Crippen molar-refractivity contribution in [3.63, 3.8) is 0 Å². The Morgan fingerprint density at radius 2 is 2.04 bits per heavy atom. The van der Waals surface area contributed by atoms with Crippen LogP contribution >= 0.6 is 0 Å². The van der Waals surface area contributed by atoms with Gasteiger partial charge in [-0.05, 0) is 32.8 Å². The van der Waals surface area contributed by atoms with Gasteiger partial charge in [-0.2, -0.15) is 0 Å². The van der Waals surface area contributed by atoms with Crippen LogP contribution in [0.4, 0.5) is 5.82 Å². The molecule has 3 heterocycles. The van der Waals surface area contributed by atoms with Crippen molar-refractivity contribution in [2.45, 2.75) is 58.1 Å². The molecule has 0 spiro atoms. The molecule has 3 rings (SSSR count). The van der Waals surface area contributed by atoms with Crippen molar-refractivity contribution in [3.8, 4) is 0 Å². The van der Waals surface area contributed by atoms with Gasteiger partial charge in [0.15, 0.2) is 0 Å². The van der Waals surface area contributed by atoms with E-state index in [0.29, 0.717) is 18.7 Å². The molecule has 0 radical (unpaired) electrons. The smallest absolute Gasteiger partial charge is 0.133 e. The standard InChI is InChI=1S/C17H26N6O/c1-12(2)16-18-8-6-15(19-16)22-9-5-7-17(24,11-22)14-10-23(13(3)4)21-20-14/h6,8,10,12-13,24H,5,7,9,11H2,1-4H3. The zero-order valence-electron chi connectivity index (χ0n) is 14.8. The molecule has 0 aliphatic carbocycles. The molecule has 2 aromatic heterocycles. The molecule has 0 aromatic carbocycles. The Morgan fingerprint density at radius 3 is 2.71 bits per heavy atom. The lowest BCUT2D eigenvalue weighted by Gasteiger charge is -2.38. The molecule has 7 nitrogen and oxygen atoms in total. The molecule has 1 aliphatic rings. The predicted molar refractivity (Wildman–Crippen MR) is 91.9 cm³/mol. The maximum absolute atomic E-state index is 11.1. The molecule has 1 unspecified atom stereocenters. The van der Waals surface area contributed by atoms with Gasteiger partial charge in [0.1, 0.15) is 22.9 Å². The molecule has 0 saturated carbocycles. The van der Waals surface area contributed by atoms with Crippen LogP contribution in [0.1, 0.15) is 64.0 Å². The zero-order chi connectivity index (χ0) is 17.3. The SMILES string of the molecule is CC(C)c1nccc(N2CCCC(O)(c3cn(C(C)C)nn3)C2)n1. The van der Waals surface area contributed by atoms with Crippen LogP contribution in [0.5, 0.6) is 0 Å². The Labute approximate surface area is 142 Å². The number of rotatable bonds is 4. The molecule has 0 amide bonds. The molecule has 7 heteroatoms. The van der Waals surface area contributed by atoms with Crippen LogP contribution in [-0.2, 0) is 5.60 Å². The van der Waals surface area contributed by atoms with Crippen LogP contribution in [0.15, 0.2) is 18.5 Å². The summed E-state index contributed by atoms with van der Waals surface area (Å²) in [5.74, 6) is 1.97. The highest BCUT2D eigenvalue weighted by molar-refractivity contribution is 5.40. The lowest BCUT2D eigenvalue weighted by Crippen LogP contribution is -2.46. The first kappa shape index (κ1) is 16.8. The maximum atomic E-state index is 11.1. The molecule has 1 aliphatic heterocycles. The number of aliphatic hydroxyl groups is 1. The van der Waals surface area contributed by atoms with Crippen molar-refractivity contribution >= 4 is 5.82 Å². The highest BCUT2D eigenvalue weighted by atomic mass is 16.3. The average molecular weight is 330 g/mol. The first-order chi connectivity index (χ1) is 11.4. The summed E-state index contributed by atoms with van der Waals surface area (Å²) < 4.78 is 1.79. The number of piperidine rings is 1. The molecule has 1 atom stereocenters. The summed E-state index contributed by atoms with van der Waals surface area (Å²) in [5, 5.41) is 19.5. The molecule has 130 valence electrons. The summed E-state index contributed by atoms with van der Waals surface area (Å²) in [4.78, 5) is 11.1. The van der Waals surface area contributed by atoms with Gasteiger partial charge in [-0.15, -0.1) is 5.10 Å². The molecule has 0 bridgehead atoms. The van der Waals surface area contributed by atoms with Crippen molar-refractivity contribution < 1.29 is 5.11 Å². The van der Waals surface area contributed by atoms with Gasteiger partial charge in [0.2, 0.25) is 0 Å². The van der Waals surface area contributed by atoms with E-state index in [1.54, 1.807) is 10.9 Å². The van der Waals surface area contributed by atoms with E-state index < -0.39 is 5.60 Å². The van der Waals surface area contributed by atoms with Gasteiger partial charge in [0.05, 0.1) is 12.7 Å². The average Bonchev–Trinajstić information content (AvgIpc) is 3.06. The van der Waals surface area contributed by atoms with Crippen LogP contribution in [-0.4, -0.2) is 43.2 Å². The van der Waals surface area contributed by atoms with Gasteiger partial charge in [0, 0.05) is 24.7 Å². The third kappa shape index (κ3) is 3.26. The Kier molecular flexibility index (Phi) is 4.54. The van der Waals surface area contributed by atoms with Gasteiger partial charge in [-0.1, -0.05) is 19.1 Å². The number of hydrogen-bond acceptors (Lipinski definition) is 6. The molecular formula is C17H26N6O. The summed E-state index contributed by atoms with van der Waals surface area (Å²) in [7, 11) is 0. The Hall–Kier alpha value is -2.02. The highest BCUT2D eigenvalue weighted by Crippen LogP contribution is 2.32. The van der Waals surface area contributed by atoms with E-state index in [2.05, 4.69) is 39.0 Å². The monoisotopic (exact) mass is 330 g/mol. The number of β-amino-alcohol motifs (C(OH)–C–C–N with tert-alkyl or cyclic N) is 1. The molecular weight excluding hydrogens is 304 g/mol. The van der Waals surface area contributed by atoms with Crippen LogP contribution in [0.3, 0.4) is 0 Å². The summed E-state index contributed by atoms with van der Waals surface area (Å²) in [6, 6.07) is 2.13. The number of hydrogen-bond donors (Lipinski definition) is 1. The quantitative estimate of drug-likeness (QED) is 0.926. The highest BCUT2D eigenvalue weighted by Gasteiger charge is 2.38. The molecule has 24 heavy (non-hydrogen) atoms. The fourth-order valence-electron chi connectivity index (χ4n) is 3.00. The van der Waals surface area contributed by atoms with E-state index in [4.69, 9.17) is 0 Å². The van der Waals surface area contributed by atoms with Crippen molar-refractivity contribution in [1.82, 2.24) is 25.0 Å². The van der Waals surface area contributed by atoms with Crippen molar-refractivity contribution in [2.24, 2.45) is 0 Å². The third-order valence-corrected chi connectivity index (χ3v) is 4.49. The number of nitrogens with zero attached hydrogens (tertiary/aromatic N) is 6. The molecule has 1 fully saturated rings. The summed E-state index contributed by atoms with van der Waals surface area (Å²) in [5.41, 5.74) is -0.354. The lowest BCUT2D eigenvalue weighted by molar-refractivity contribution is 0.0174. The third-order valence-electron chi connectivity index (χ3n) is 4.49. The molecule has 1 N–H and O–H groups in total. The minimum atomic E-state index is -0.992. The van der Waals surface area contributed by atoms with Crippen LogP contribution in [0.25, 0.3) is 0 Å². The van der Waals surface area contributed by atoms with E-state index in [1.165, 1.54) is 0 Å². The first-order valence-corrected chi connectivity index (χ1v) is 8.61. The van der Waals surface area contributed by atoms with Gasteiger partial charge in [-0.25, -0.2) is 14.6 Å². The number of aromatic nitrogens is 5. The van der Waals surface area contributed by atoms with Crippen molar-refractivity contribution in [3.05, 3.63) is 30.0 Å². The second-order valence-electron chi connectivity index (χ2n) is 7.16. The Morgan fingerprint density at radius 1 is 1.25 bits per heavy atom. The fourth-order valence-corrected chi connectivity index (χ4v) is 3.00. The Balaban J connectivity index is 1.84. The van der Waals surface area contributed by atoms with Crippen molar-refractivity contribution in [2.75, 3.05) is 18.0 Å². The zero-order valence-corrected chi connectivity index (χ0v) is 14.8. The van der Waals surface area contributed by atoms with E-state index in [-0.39, 0.29) is 12.0 Å². The van der Waals surface area contributed by atoms with E-state index in [0.717, 1.165) is 24.6 Å². The fraction of sp³-hybridized carbons (Fsp3) is 0.647. The number of anilines is 1. The second kappa shape index (κ2) is 6.47.